The molecule has 0 spiro atoms. The Kier molecular flexibility index (Phi) is 4.29. The molecule has 3 aromatic rings. The number of hydrogen-bond donors (Lipinski definition) is 1. The molecule has 8 heteroatoms. The molecule has 0 aliphatic carbocycles. The Balaban J connectivity index is 1.80. The van der Waals surface area contributed by atoms with E-state index in [1.165, 1.54) is 0 Å². The van der Waals surface area contributed by atoms with Crippen LogP contribution in [0.1, 0.15) is 17.0 Å². The molecule has 0 radical (unpaired) electrons. The highest BCUT2D eigenvalue weighted by Gasteiger charge is 2.23. The fourth-order valence-electron chi connectivity index (χ4n) is 2.28. The number of nitrogens with one attached hydrogen (secondary N) is 1. The molecule has 6 nitrogen and oxygen atoms in total. The van der Waals surface area contributed by atoms with Gasteiger partial charge in [0.2, 0.25) is 10.0 Å². The van der Waals surface area contributed by atoms with Crippen LogP contribution >= 0.6 is 11.3 Å². The topological polar surface area (TPSA) is 85.1 Å². The minimum atomic E-state index is -3.68. The van der Waals surface area contributed by atoms with Gasteiger partial charge in [0.1, 0.15) is 10.6 Å². The van der Waals surface area contributed by atoms with Gasteiger partial charge in [0.25, 0.3) is 0 Å². The minimum absolute atomic E-state index is 0.0967. The van der Waals surface area contributed by atoms with E-state index in [1.807, 2.05) is 22.9 Å². The lowest BCUT2D eigenvalue weighted by Crippen LogP contribution is -2.24. The maximum absolute atomic E-state index is 12.4. The average Bonchev–Trinajstić information content (AvgIpc) is 3.16. The minimum Gasteiger partial charge on any atom is -0.360 e. The van der Waals surface area contributed by atoms with Crippen molar-refractivity contribution < 1.29 is 12.9 Å². The molecule has 0 atom stereocenters. The normalized spacial score (nSPS) is 11.7. The third-order valence-corrected chi connectivity index (χ3v) is 5.68. The van der Waals surface area contributed by atoms with E-state index in [2.05, 4.69) is 14.9 Å². The molecule has 0 unspecified atom stereocenters. The Hall–Kier alpha value is -2.03. The van der Waals surface area contributed by atoms with Gasteiger partial charge in [0.05, 0.1) is 0 Å². The van der Waals surface area contributed by atoms with Crippen LogP contribution in [0.3, 0.4) is 0 Å². The molecule has 0 aliphatic rings. The molecule has 120 valence electrons. The molecule has 0 fully saturated rings. The zero-order valence-electron chi connectivity index (χ0n) is 12.6. The van der Waals surface area contributed by atoms with Crippen LogP contribution in [0.25, 0.3) is 11.1 Å². The molecular weight excluding hydrogens is 334 g/mol. The van der Waals surface area contributed by atoms with E-state index < -0.39 is 10.0 Å². The van der Waals surface area contributed by atoms with Gasteiger partial charge in [-0.05, 0) is 47.9 Å². The van der Waals surface area contributed by atoms with Gasteiger partial charge >= 0.3 is 0 Å². The number of nitrogens with zero attached hydrogens (tertiary/aromatic N) is 2. The monoisotopic (exact) mass is 349 g/mol. The smallest absolute Gasteiger partial charge is 0.246 e. The summed E-state index contributed by atoms with van der Waals surface area (Å²) in [6.45, 7) is 3.33. The first-order valence-corrected chi connectivity index (χ1v) is 9.29. The second kappa shape index (κ2) is 6.23. The lowest BCUT2D eigenvalue weighted by atomic mass is 10.1. The fraction of sp³-hybridized carbons (Fsp3) is 0.200. The van der Waals surface area contributed by atoms with E-state index in [9.17, 15) is 8.42 Å². The van der Waals surface area contributed by atoms with Gasteiger partial charge in [0.15, 0.2) is 5.76 Å². The summed E-state index contributed by atoms with van der Waals surface area (Å²) in [5.74, 6) is 0.278. The van der Waals surface area contributed by atoms with E-state index in [0.29, 0.717) is 5.69 Å². The summed E-state index contributed by atoms with van der Waals surface area (Å²) in [5.41, 5.74) is 3.16. The van der Waals surface area contributed by atoms with Gasteiger partial charge < -0.3 is 4.52 Å². The first-order valence-electron chi connectivity index (χ1n) is 6.86. The van der Waals surface area contributed by atoms with E-state index in [0.717, 1.165) is 16.7 Å². The number of aromatic nitrogens is 2. The molecule has 0 amide bonds. The molecule has 0 bridgehead atoms. The zero-order valence-corrected chi connectivity index (χ0v) is 14.2. The first-order chi connectivity index (χ1) is 11.0. The third-order valence-electron chi connectivity index (χ3n) is 3.35. The predicted octanol–water partition coefficient (Wildman–Crippen LogP) is 2.89. The highest BCUT2D eigenvalue weighted by molar-refractivity contribution is 7.89. The molecule has 23 heavy (non-hydrogen) atoms. The van der Waals surface area contributed by atoms with Crippen molar-refractivity contribution in [2.45, 2.75) is 25.3 Å². The second-order valence-electron chi connectivity index (χ2n) is 5.07. The molecule has 0 aromatic carbocycles. The summed E-state index contributed by atoms with van der Waals surface area (Å²) in [7, 11) is -3.68. The summed E-state index contributed by atoms with van der Waals surface area (Å²) in [6, 6.07) is 3.92. The molecule has 1 N–H and O–H groups in total. The number of aryl methyl sites for hydroxylation is 2. The maximum Gasteiger partial charge on any atom is 0.246 e. The molecule has 3 heterocycles. The van der Waals surface area contributed by atoms with E-state index in [4.69, 9.17) is 4.52 Å². The van der Waals surface area contributed by atoms with Crippen LogP contribution in [-0.4, -0.2) is 18.6 Å². The van der Waals surface area contributed by atoms with Gasteiger partial charge in [-0.25, -0.2) is 13.1 Å². The second-order valence-corrected chi connectivity index (χ2v) is 7.56. The number of sulfonamides is 1. The molecule has 0 saturated heterocycles. The zero-order chi connectivity index (χ0) is 16.4. The number of rotatable bonds is 5. The summed E-state index contributed by atoms with van der Waals surface area (Å²) in [5, 5.41) is 7.69. The third kappa shape index (κ3) is 3.34. The van der Waals surface area contributed by atoms with Gasteiger partial charge in [0, 0.05) is 24.5 Å². The lowest BCUT2D eigenvalue weighted by molar-refractivity contribution is 0.390. The lowest BCUT2D eigenvalue weighted by Gasteiger charge is -2.07. The van der Waals surface area contributed by atoms with Crippen molar-refractivity contribution in [1.82, 2.24) is 14.9 Å². The largest absolute Gasteiger partial charge is 0.360 e. The van der Waals surface area contributed by atoms with Gasteiger partial charge in [-0.15, -0.1) is 0 Å². The van der Waals surface area contributed by atoms with Crippen LogP contribution in [0.5, 0.6) is 0 Å². The summed E-state index contributed by atoms with van der Waals surface area (Å²) >= 11 is 1.60. The summed E-state index contributed by atoms with van der Waals surface area (Å²) < 4.78 is 32.3. The van der Waals surface area contributed by atoms with Crippen molar-refractivity contribution in [2.24, 2.45) is 0 Å². The molecule has 3 rings (SSSR count). The average molecular weight is 349 g/mol. The van der Waals surface area contributed by atoms with Crippen molar-refractivity contribution in [2.75, 3.05) is 0 Å². The Bertz CT molecular complexity index is 896. The van der Waals surface area contributed by atoms with Gasteiger partial charge in [-0.2, -0.15) is 11.3 Å². The van der Waals surface area contributed by atoms with Crippen molar-refractivity contribution >= 4 is 21.4 Å². The van der Waals surface area contributed by atoms with Crippen molar-refractivity contribution in [1.29, 1.82) is 0 Å². The Labute approximate surface area is 138 Å². The molecular formula is C15H15N3O3S2. The number of pyridine rings is 1. The van der Waals surface area contributed by atoms with Crippen LogP contribution < -0.4 is 4.72 Å². The Morgan fingerprint density at radius 3 is 2.74 bits per heavy atom. The van der Waals surface area contributed by atoms with Crippen molar-refractivity contribution in [3.05, 3.63) is 52.3 Å². The van der Waals surface area contributed by atoms with Gasteiger partial charge in [-0.1, -0.05) is 5.16 Å². The Morgan fingerprint density at radius 1 is 1.26 bits per heavy atom. The number of thiophene rings is 1. The van der Waals surface area contributed by atoms with E-state index in [-0.39, 0.29) is 17.2 Å². The first kappa shape index (κ1) is 15.9. The van der Waals surface area contributed by atoms with Crippen LogP contribution in [0.2, 0.25) is 0 Å². The standard InChI is InChI=1S/C15H15N3O3S2/c1-10-15(11(2)21-18-10)23(19,20)17-7-12-5-14(8-16-6-12)13-3-4-22-9-13/h3-6,8-9,17H,7H2,1-2H3. The van der Waals surface area contributed by atoms with E-state index >= 15 is 0 Å². The predicted molar refractivity (Wildman–Crippen MR) is 87.6 cm³/mol. The van der Waals surface area contributed by atoms with Crippen LogP contribution in [0.15, 0.2) is 44.7 Å². The number of hydrogen-bond acceptors (Lipinski definition) is 6. The summed E-state index contributed by atoms with van der Waals surface area (Å²) in [4.78, 5) is 4.27. The van der Waals surface area contributed by atoms with Gasteiger partial charge in [-0.3, -0.25) is 4.98 Å². The van der Waals surface area contributed by atoms with Crippen molar-refractivity contribution in [3.8, 4) is 11.1 Å². The highest BCUT2D eigenvalue weighted by Crippen LogP contribution is 2.22. The maximum atomic E-state index is 12.4. The molecule has 3 aromatic heterocycles. The quantitative estimate of drug-likeness (QED) is 0.765. The van der Waals surface area contributed by atoms with Crippen molar-refractivity contribution in [3.63, 3.8) is 0 Å². The van der Waals surface area contributed by atoms with Crippen LogP contribution in [0.4, 0.5) is 0 Å². The van der Waals surface area contributed by atoms with Crippen LogP contribution in [0, 0.1) is 13.8 Å². The SMILES string of the molecule is Cc1noc(C)c1S(=O)(=O)NCc1cncc(-c2ccsc2)c1. The van der Waals surface area contributed by atoms with E-state index in [1.54, 1.807) is 37.6 Å². The fourth-order valence-corrected chi connectivity index (χ4v) is 4.29. The summed E-state index contributed by atoms with van der Waals surface area (Å²) in [6.07, 6.45) is 3.40. The molecule has 0 saturated carbocycles. The molecule has 0 aliphatic heterocycles. The Morgan fingerprint density at radius 2 is 2.09 bits per heavy atom. The highest BCUT2D eigenvalue weighted by atomic mass is 32.2. The van der Waals surface area contributed by atoms with Crippen LogP contribution in [-0.2, 0) is 16.6 Å².